The average molecular weight is 348 g/mol. The monoisotopic (exact) mass is 348 g/mol. The van der Waals surface area contributed by atoms with E-state index >= 15 is 0 Å². The zero-order chi connectivity index (χ0) is 17.0. The molecule has 1 aliphatic rings. The fraction of sp³-hybridized carbons (Fsp3) is 0.211. The SMILES string of the molecule is CCn1ccc(C(=O)Nc2nc3c(cc4c5c(cccc53)CC4)s2)n1. The molecular formula is C19H16N4OS. The predicted molar refractivity (Wildman–Crippen MR) is 100 cm³/mol. The van der Waals surface area contributed by atoms with E-state index in [1.807, 2.05) is 6.92 Å². The first-order valence-corrected chi connectivity index (χ1v) is 9.23. The predicted octanol–water partition coefficient (Wildman–Crippen LogP) is 4.02. The number of hydrogen-bond donors (Lipinski definition) is 1. The third kappa shape index (κ3) is 2.25. The quantitative estimate of drug-likeness (QED) is 0.608. The molecule has 1 N–H and O–H groups in total. The van der Waals surface area contributed by atoms with Gasteiger partial charge in [0.25, 0.3) is 5.91 Å². The lowest BCUT2D eigenvalue weighted by atomic mass is 10.0. The summed E-state index contributed by atoms with van der Waals surface area (Å²) in [4.78, 5) is 17.1. The van der Waals surface area contributed by atoms with Crippen LogP contribution in [-0.4, -0.2) is 20.7 Å². The van der Waals surface area contributed by atoms with Gasteiger partial charge in [0.2, 0.25) is 0 Å². The molecule has 124 valence electrons. The molecule has 0 atom stereocenters. The van der Waals surface area contributed by atoms with E-state index in [2.05, 4.69) is 34.7 Å². The lowest BCUT2D eigenvalue weighted by molar-refractivity contribution is 0.102. The molecule has 2 aromatic carbocycles. The maximum Gasteiger partial charge on any atom is 0.277 e. The molecule has 0 bridgehead atoms. The van der Waals surface area contributed by atoms with Crippen LogP contribution in [0.2, 0.25) is 0 Å². The second kappa shape index (κ2) is 5.39. The minimum atomic E-state index is -0.219. The van der Waals surface area contributed by atoms with Gasteiger partial charge in [-0.05, 0) is 48.4 Å². The van der Waals surface area contributed by atoms with E-state index in [-0.39, 0.29) is 5.91 Å². The van der Waals surface area contributed by atoms with E-state index in [9.17, 15) is 4.79 Å². The van der Waals surface area contributed by atoms with Gasteiger partial charge in [0.05, 0.1) is 10.2 Å². The molecule has 0 saturated heterocycles. The second-order valence-corrected chi connectivity index (χ2v) is 7.28. The molecule has 5 nitrogen and oxygen atoms in total. The summed E-state index contributed by atoms with van der Waals surface area (Å²) in [6, 6.07) is 10.4. The zero-order valence-electron chi connectivity index (χ0n) is 13.7. The number of hydrogen-bond acceptors (Lipinski definition) is 4. The highest BCUT2D eigenvalue weighted by atomic mass is 32.1. The van der Waals surface area contributed by atoms with Crippen LogP contribution in [0.25, 0.3) is 21.0 Å². The van der Waals surface area contributed by atoms with Gasteiger partial charge < -0.3 is 0 Å². The van der Waals surface area contributed by atoms with Crippen LogP contribution in [0.5, 0.6) is 0 Å². The average Bonchev–Trinajstić information content (AvgIpc) is 3.34. The van der Waals surface area contributed by atoms with Gasteiger partial charge in [0.15, 0.2) is 10.8 Å². The lowest BCUT2D eigenvalue weighted by Gasteiger charge is -2.02. The standard InChI is InChI=1S/C19H16N4OS/c1-2-23-9-8-14(22-23)18(24)21-19-20-17-13-5-3-4-11-6-7-12(16(11)13)10-15(17)25-19/h3-5,8-10H,2,6-7H2,1H3,(H,20,21,24). The Bertz CT molecular complexity index is 1140. The van der Waals surface area contributed by atoms with Crippen molar-refractivity contribution in [1.29, 1.82) is 0 Å². The summed E-state index contributed by atoms with van der Waals surface area (Å²) in [5.41, 5.74) is 4.18. The largest absolute Gasteiger partial charge is 0.296 e. The molecule has 2 aromatic heterocycles. The first-order valence-electron chi connectivity index (χ1n) is 8.42. The summed E-state index contributed by atoms with van der Waals surface area (Å²) in [5.74, 6) is -0.219. The highest BCUT2D eigenvalue weighted by Gasteiger charge is 2.19. The second-order valence-electron chi connectivity index (χ2n) is 6.25. The van der Waals surface area contributed by atoms with Crippen LogP contribution in [0.15, 0.2) is 36.5 Å². The number of nitrogens with zero attached hydrogens (tertiary/aromatic N) is 3. The molecular weight excluding hydrogens is 332 g/mol. The van der Waals surface area contributed by atoms with Gasteiger partial charge >= 0.3 is 0 Å². The van der Waals surface area contributed by atoms with Gasteiger partial charge in [-0.2, -0.15) is 5.10 Å². The van der Waals surface area contributed by atoms with Crippen molar-refractivity contribution in [1.82, 2.24) is 14.8 Å². The topological polar surface area (TPSA) is 59.8 Å². The van der Waals surface area contributed by atoms with Crippen LogP contribution < -0.4 is 5.32 Å². The van der Waals surface area contributed by atoms with E-state index in [1.165, 1.54) is 33.2 Å². The van der Waals surface area contributed by atoms with E-state index in [1.54, 1.807) is 16.9 Å². The number of benzene rings is 2. The van der Waals surface area contributed by atoms with Crippen molar-refractivity contribution in [2.24, 2.45) is 0 Å². The Kier molecular flexibility index (Phi) is 3.15. The Labute approximate surface area is 148 Å². The molecule has 6 heteroatoms. The third-order valence-corrected chi connectivity index (χ3v) is 5.68. The van der Waals surface area contributed by atoms with Gasteiger partial charge in [-0.3, -0.25) is 14.8 Å². The number of nitrogens with one attached hydrogen (secondary N) is 1. The van der Waals surface area contributed by atoms with E-state index in [4.69, 9.17) is 4.98 Å². The lowest BCUT2D eigenvalue weighted by Crippen LogP contribution is -2.13. The van der Waals surface area contributed by atoms with Crippen molar-refractivity contribution in [2.75, 3.05) is 5.32 Å². The summed E-state index contributed by atoms with van der Waals surface area (Å²) in [6.45, 7) is 2.73. The number of rotatable bonds is 3. The third-order valence-electron chi connectivity index (χ3n) is 4.77. The first kappa shape index (κ1) is 14.6. The highest BCUT2D eigenvalue weighted by molar-refractivity contribution is 7.22. The van der Waals surface area contributed by atoms with E-state index in [0.29, 0.717) is 10.8 Å². The number of aromatic nitrogens is 3. The summed E-state index contributed by atoms with van der Waals surface area (Å²) >= 11 is 1.52. The van der Waals surface area contributed by atoms with Crippen molar-refractivity contribution in [3.63, 3.8) is 0 Å². The minimum Gasteiger partial charge on any atom is -0.296 e. The molecule has 25 heavy (non-hydrogen) atoms. The molecule has 1 aliphatic carbocycles. The number of anilines is 1. The summed E-state index contributed by atoms with van der Waals surface area (Å²) < 4.78 is 2.86. The smallest absolute Gasteiger partial charge is 0.277 e. The number of amides is 1. The maximum absolute atomic E-state index is 12.4. The molecule has 0 aliphatic heterocycles. The van der Waals surface area contributed by atoms with Crippen LogP contribution in [0, 0.1) is 0 Å². The molecule has 0 spiro atoms. The van der Waals surface area contributed by atoms with Gasteiger partial charge in [-0.15, -0.1) is 0 Å². The van der Waals surface area contributed by atoms with Crippen LogP contribution in [-0.2, 0) is 19.4 Å². The summed E-state index contributed by atoms with van der Waals surface area (Å²) in [5, 5.41) is 10.3. The van der Waals surface area contributed by atoms with E-state index < -0.39 is 0 Å². The Hall–Kier alpha value is -2.73. The van der Waals surface area contributed by atoms with Crippen molar-refractivity contribution in [3.05, 3.63) is 53.3 Å². The minimum absolute atomic E-state index is 0.219. The molecule has 0 unspecified atom stereocenters. The van der Waals surface area contributed by atoms with Crippen molar-refractivity contribution in [3.8, 4) is 0 Å². The Morgan fingerprint density at radius 3 is 3.00 bits per heavy atom. The Balaban J connectivity index is 1.56. The summed E-state index contributed by atoms with van der Waals surface area (Å²) in [6.07, 6.45) is 3.99. The van der Waals surface area contributed by atoms with Crippen LogP contribution in [0.1, 0.15) is 28.5 Å². The van der Waals surface area contributed by atoms with Crippen LogP contribution in [0.3, 0.4) is 0 Å². The first-order chi connectivity index (χ1) is 12.2. The molecule has 4 aromatic rings. The van der Waals surface area contributed by atoms with Crippen molar-refractivity contribution in [2.45, 2.75) is 26.3 Å². The zero-order valence-corrected chi connectivity index (χ0v) is 14.6. The van der Waals surface area contributed by atoms with E-state index in [0.717, 1.165) is 29.6 Å². The van der Waals surface area contributed by atoms with Crippen LogP contribution in [0.4, 0.5) is 5.13 Å². The number of carbonyl (C=O) groups is 1. The van der Waals surface area contributed by atoms with Gasteiger partial charge in [-0.1, -0.05) is 29.5 Å². The molecule has 0 fully saturated rings. The fourth-order valence-corrected chi connectivity index (χ4v) is 4.52. The molecule has 5 rings (SSSR count). The molecule has 0 saturated carbocycles. The fourth-order valence-electron chi connectivity index (χ4n) is 3.58. The number of thiazole rings is 1. The molecule has 1 amide bonds. The molecule has 0 radical (unpaired) electrons. The van der Waals surface area contributed by atoms with Gasteiger partial charge in [-0.25, -0.2) is 4.98 Å². The Morgan fingerprint density at radius 1 is 1.28 bits per heavy atom. The highest BCUT2D eigenvalue weighted by Crippen LogP contribution is 2.39. The Morgan fingerprint density at radius 2 is 2.16 bits per heavy atom. The van der Waals surface area contributed by atoms with Crippen LogP contribution >= 0.6 is 11.3 Å². The molecule has 2 heterocycles. The number of fused-ring (bicyclic) bond motifs is 2. The summed E-state index contributed by atoms with van der Waals surface area (Å²) in [7, 11) is 0. The number of aryl methyl sites for hydroxylation is 3. The van der Waals surface area contributed by atoms with Crippen molar-refractivity contribution >= 4 is 43.4 Å². The van der Waals surface area contributed by atoms with Crippen molar-refractivity contribution < 1.29 is 4.79 Å². The van der Waals surface area contributed by atoms with Gasteiger partial charge in [0.1, 0.15) is 0 Å². The van der Waals surface area contributed by atoms with Gasteiger partial charge in [0, 0.05) is 18.1 Å². The normalized spacial score (nSPS) is 13.0. The maximum atomic E-state index is 12.4. The number of carbonyl (C=O) groups excluding carboxylic acids is 1.